The van der Waals surface area contributed by atoms with Crippen LogP contribution in [0.15, 0.2) is 43.0 Å². The minimum atomic E-state index is -0.199. The first-order valence-electron chi connectivity index (χ1n) is 7.47. The third kappa shape index (κ3) is 3.42. The number of hydrogen-bond acceptors (Lipinski definition) is 3. The van der Waals surface area contributed by atoms with E-state index < -0.39 is 0 Å². The largest absolute Gasteiger partial charge is 0.372 e. The second kappa shape index (κ2) is 6.43. The molecule has 0 aliphatic carbocycles. The fourth-order valence-corrected chi connectivity index (χ4v) is 2.65. The van der Waals surface area contributed by atoms with Crippen LogP contribution >= 0.6 is 0 Å². The summed E-state index contributed by atoms with van der Waals surface area (Å²) >= 11 is 0. The number of hydrogen-bond donors (Lipinski definition) is 1. The highest BCUT2D eigenvalue weighted by molar-refractivity contribution is 5.91. The molecule has 1 saturated heterocycles. The lowest BCUT2D eigenvalue weighted by molar-refractivity contribution is 0.253. The van der Waals surface area contributed by atoms with Crippen LogP contribution in [-0.2, 0) is 0 Å². The third-order valence-electron chi connectivity index (χ3n) is 3.83. The van der Waals surface area contributed by atoms with Crippen molar-refractivity contribution in [2.24, 2.45) is 0 Å². The van der Waals surface area contributed by atoms with Crippen molar-refractivity contribution in [3.8, 4) is 0 Å². The standard InChI is InChI=1S/C16H20N4O/c21-16(20-12-9-17-13-20)18-14-5-7-15(8-6-14)19-10-3-1-2-4-11-19/h5-9,12-13H,1-4,10-11H2,(H,18,21). The van der Waals surface area contributed by atoms with Gasteiger partial charge in [0.05, 0.1) is 0 Å². The molecule has 0 spiro atoms. The molecule has 1 aliphatic heterocycles. The van der Waals surface area contributed by atoms with Crippen molar-refractivity contribution in [3.05, 3.63) is 43.0 Å². The van der Waals surface area contributed by atoms with E-state index in [-0.39, 0.29) is 6.03 Å². The van der Waals surface area contributed by atoms with E-state index in [1.807, 2.05) is 12.1 Å². The number of imidazole rings is 1. The Morgan fingerprint density at radius 1 is 1.05 bits per heavy atom. The van der Waals surface area contributed by atoms with Gasteiger partial charge in [-0.1, -0.05) is 12.8 Å². The lowest BCUT2D eigenvalue weighted by Crippen LogP contribution is -2.23. The summed E-state index contributed by atoms with van der Waals surface area (Å²) in [7, 11) is 0. The highest BCUT2D eigenvalue weighted by atomic mass is 16.2. The minimum Gasteiger partial charge on any atom is -0.372 e. The summed E-state index contributed by atoms with van der Waals surface area (Å²) in [5.41, 5.74) is 2.03. The Hall–Kier alpha value is -2.30. The maximum absolute atomic E-state index is 11.9. The SMILES string of the molecule is O=C(Nc1ccc(N2CCCCCC2)cc1)n1ccnc1. The Labute approximate surface area is 124 Å². The van der Waals surface area contributed by atoms with Crippen molar-refractivity contribution in [2.45, 2.75) is 25.7 Å². The number of aromatic nitrogens is 2. The second-order valence-corrected chi connectivity index (χ2v) is 5.35. The summed E-state index contributed by atoms with van der Waals surface area (Å²) in [5.74, 6) is 0. The molecule has 1 aromatic carbocycles. The summed E-state index contributed by atoms with van der Waals surface area (Å²) in [6.07, 6.45) is 9.88. The van der Waals surface area contributed by atoms with E-state index in [4.69, 9.17) is 0 Å². The molecular formula is C16H20N4O. The van der Waals surface area contributed by atoms with Gasteiger partial charge in [-0.15, -0.1) is 0 Å². The molecule has 3 rings (SSSR count). The summed E-state index contributed by atoms with van der Waals surface area (Å²) in [6.45, 7) is 2.25. The number of nitrogens with zero attached hydrogens (tertiary/aromatic N) is 3. The molecule has 0 bridgehead atoms. The molecule has 0 radical (unpaired) electrons. The second-order valence-electron chi connectivity index (χ2n) is 5.35. The number of rotatable bonds is 2. The Kier molecular flexibility index (Phi) is 4.19. The number of nitrogens with one attached hydrogen (secondary N) is 1. The maximum atomic E-state index is 11.9. The first kappa shape index (κ1) is 13.7. The monoisotopic (exact) mass is 284 g/mol. The average molecular weight is 284 g/mol. The van der Waals surface area contributed by atoms with E-state index in [0.29, 0.717) is 0 Å². The quantitative estimate of drug-likeness (QED) is 0.920. The molecule has 0 atom stereocenters. The van der Waals surface area contributed by atoms with Crippen LogP contribution in [0.1, 0.15) is 25.7 Å². The minimum absolute atomic E-state index is 0.199. The van der Waals surface area contributed by atoms with Crippen LogP contribution in [-0.4, -0.2) is 28.7 Å². The van der Waals surface area contributed by atoms with E-state index in [2.05, 4.69) is 27.3 Å². The predicted octanol–water partition coefficient (Wildman–Crippen LogP) is 3.34. The summed E-state index contributed by atoms with van der Waals surface area (Å²) < 4.78 is 1.42. The van der Waals surface area contributed by atoms with Gasteiger partial charge in [-0.2, -0.15) is 0 Å². The molecule has 1 amide bonds. The average Bonchev–Trinajstić information content (AvgIpc) is 2.91. The summed E-state index contributed by atoms with van der Waals surface area (Å²) in [5, 5.41) is 2.85. The van der Waals surface area contributed by atoms with E-state index in [1.165, 1.54) is 42.3 Å². The number of benzene rings is 1. The van der Waals surface area contributed by atoms with Crippen molar-refractivity contribution in [2.75, 3.05) is 23.3 Å². The van der Waals surface area contributed by atoms with Crippen LogP contribution in [0.3, 0.4) is 0 Å². The molecule has 1 N–H and O–H groups in total. The van der Waals surface area contributed by atoms with Crippen LogP contribution in [0, 0.1) is 0 Å². The van der Waals surface area contributed by atoms with Gasteiger partial charge in [-0.25, -0.2) is 9.78 Å². The molecule has 1 aliphatic rings. The lowest BCUT2D eigenvalue weighted by Gasteiger charge is -2.22. The van der Waals surface area contributed by atoms with Gasteiger partial charge in [-0.05, 0) is 37.1 Å². The normalized spacial score (nSPS) is 15.5. The fourth-order valence-electron chi connectivity index (χ4n) is 2.65. The molecule has 110 valence electrons. The molecule has 1 fully saturated rings. The number of anilines is 2. The van der Waals surface area contributed by atoms with Gasteiger partial charge < -0.3 is 10.2 Å². The van der Waals surface area contributed by atoms with Gasteiger partial charge in [0, 0.05) is 36.9 Å². The van der Waals surface area contributed by atoms with E-state index in [0.717, 1.165) is 18.8 Å². The van der Waals surface area contributed by atoms with Gasteiger partial charge in [0.1, 0.15) is 6.33 Å². The van der Waals surface area contributed by atoms with Crippen molar-refractivity contribution >= 4 is 17.4 Å². The molecular weight excluding hydrogens is 264 g/mol. The molecule has 2 heterocycles. The highest BCUT2D eigenvalue weighted by Crippen LogP contribution is 2.21. The highest BCUT2D eigenvalue weighted by Gasteiger charge is 2.10. The molecule has 2 aromatic rings. The maximum Gasteiger partial charge on any atom is 0.331 e. The number of carbonyl (C=O) groups is 1. The van der Waals surface area contributed by atoms with Gasteiger partial charge in [0.25, 0.3) is 0 Å². The van der Waals surface area contributed by atoms with Crippen LogP contribution < -0.4 is 10.2 Å². The van der Waals surface area contributed by atoms with Gasteiger partial charge in [0.2, 0.25) is 0 Å². The van der Waals surface area contributed by atoms with Crippen molar-refractivity contribution in [3.63, 3.8) is 0 Å². The third-order valence-corrected chi connectivity index (χ3v) is 3.83. The Balaban J connectivity index is 1.65. The van der Waals surface area contributed by atoms with Crippen LogP contribution in [0.25, 0.3) is 0 Å². The smallest absolute Gasteiger partial charge is 0.331 e. The zero-order valence-corrected chi connectivity index (χ0v) is 12.0. The molecule has 5 heteroatoms. The van der Waals surface area contributed by atoms with E-state index in [9.17, 15) is 4.79 Å². The first-order valence-corrected chi connectivity index (χ1v) is 7.47. The molecule has 21 heavy (non-hydrogen) atoms. The van der Waals surface area contributed by atoms with E-state index in [1.54, 1.807) is 12.4 Å². The topological polar surface area (TPSA) is 50.2 Å². The van der Waals surface area contributed by atoms with Crippen LogP contribution in [0.5, 0.6) is 0 Å². The van der Waals surface area contributed by atoms with Crippen molar-refractivity contribution in [1.82, 2.24) is 9.55 Å². The van der Waals surface area contributed by atoms with E-state index >= 15 is 0 Å². The van der Waals surface area contributed by atoms with Gasteiger partial charge >= 0.3 is 6.03 Å². The Bertz CT molecular complexity index is 569. The molecule has 1 aromatic heterocycles. The molecule has 0 saturated carbocycles. The zero-order chi connectivity index (χ0) is 14.5. The van der Waals surface area contributed by atoms with Crippen molar-refractivity contribution in [1.29, 1.82) is 0 Å². The molecule has 0 unspecified atom stereocenters. The lowest BCUT2D eigenvalue weighted by atomic mass is 10.2. The fraction of sp³-hybridized carbons (Fsp3) is 0.375. The number of amides is 1. The molecule has 5 nitrogen and oxygen atoms in total. The van der Waals surface area contributed by atoms with Crippen LogP contribution in [0.2, 0.25) is 0 Å². The number of carbonyl (C=O) groups excluding carboxylic acids is 1. The van der Waals surface area contributed by atoms with Gasteiger partial charge in [0.15, 0.2) is 0 Å². The first-order chi connectivity index (χ1) is 10.3. The van der Waals surface area contributed by atoms with Gasteiger partial charge in [-0.3, -0.25) is 4.57 Å². The van der Waals surface area contributed by atoms with Crippen molar-refractivity contribution < 1.29 is 4.79 Å². The van der Waals surface area contributed by atoms with Crippen LogP contribution in [0.4, 0.5) is 16.2 Å². The Morgan fingerprint density at radius 3 is 2.38 bits per heavy atom. The summed E-state index contributed by atoms with van der Waals surface area (Å²) in [6, 6.07) is 7.86. The summed E-state index contributed by atoms with van der Waals surface area (Å²) in [4.78, 5) is 18.2. The Morgan fingerprint density at radius 2 is 1.76 bits per heavy atom. The zero-order valence-electron chi connectivity index (χ0n) is 12.0. The predicted molar refractivity (Wildman–Crippen MR) is 83.8 cm³/mol.